The molecule has 0 amide bonds. The number of benzene rings is 1. The van der Waals surface area contributed by atoms with Gasteiger partial charge in [0.15, 0.2) is 0 Å². The summed E-state index contributed by atoms with van der Waals surface area (Å²) in [5, 5.41) is 3.40. The molecular formula is C12H19N. The highest BCUT2D eigenvalue weighted by molar-refractivity contribution is 5.15. The minimum Gasteiger partial charge on any atom is -0.317 e. The van der Waals surface area contributed by atoms with Gasteiger partial charge in [0.05, 0.1) is 0 Å². The van der Waals surface area contributed by atoms with Crippen LogP contribution in [0.4, 0.5) is 0 Å². The van der Waals surface area contributed by atoms with Crippen molar-refractivity contribution in [2.75, 3.05) is 13.1 Å². The van der Waals surface area contributed by atoms with Crippen molar-refractivity contribution in [3.63, 3.8) is 0 Å². The van der Waals surface area contributed by atoms with Gasteiger partial charge >= 0.3 is 0 Å². The van der Waals surface area contributed by atoms with Crippen molar-refractivity contribution in [3.05, 3.63) is 35.9 Å². The molecule has 2 rings (SSSR count). The predicted octanol–water partition coefficient (Wildman–Crippen LogP) is 2.47. The Morgan fingerprint density at radius 1 is 1.15 bits per heavy atom. The molecule has 1 N–H and O–H groups in total. The number of hydrogen-bond donors (Lipinski definition) is 1. The van der Waals surface area contributed by atoms with Gasteiger partial charge in [-0.25, -0.2) is 0 Å². The van der Waals surface area contributed by atoms with Crippen LogP contribution in [0.25, 0.3) is 0 Å². The fraction of sp³-hybridized carbons (Fsp3) is 0.500. The number of piperidine rings is 1. The molecule has 1 fully saturated rings. The van der Waals surface area contributed by atoms with Crippen molar-refractivity contribution in [2.45, 2.75) is 19.3 Å². The summed E-state index contributed by atoms with van der Waals surface area (Å²) in [5.41, 5.74) is 1.49. The summed E-state index contributed by atoms with van der Waals surface area (Å²) in [6, 6.07) is 10.8. The molecule has 1 aliphatic heterocycles. The van der Waals surface area contributed by atoms with E-state index in [0.717, 1.165) is 5.92 Å². The summed E-state index contributed by atoms with van der Waals surface area (Å²) >= 11 is 0. The SMILES string of the molecule is [HH].c1ccc(CC2CCNCC2)cc1. The topological polar surface area (TPSA) is 12.0 Å². The van der Waals surface area contributed by atoms with Crippen LogP contribution in [0.2, 0.25) is 0 Å². The molecule has 0 atom stereocenters. The summed E-state index contributed by atoms with van der Waals surface area (Å²) < 4.78 is 0. The second-order valence-corrected chi connectivity index (χ2v) is 3.88. The molecule has 0 saturated carbocycles. The van der Waals surface area contributed by atoms with Crippen molar-refractivity contribution < 1.29 is 1.43 Å². The Morgan fingerprint density at radius 3 is 2.54 bits per heavy atom. The van der Waals surface area contributed by atoms with Crippen LogP contribution in [0.1, 0.15) is 19.8 Å². The van der Waals surface area contributed by atoms with Gasteiger partial charge in [0.2, 0.25) is 0 Å². The molecule has 1 heteroatoms. The molecule has 13 heavy (non-hydrogen) atoms. The van der Waals surface area contributed by atoms with Gasteiger partial charge < -0.3 is 5.32 Å². The lowest BCUT2D eigenvalue weighted by Crippen LogP contribution is -2.28. The molecule has 0 aliphatic carbocycles. The van der Waals surface area contributed by atoms with Gasteiger partial charge in [-0.1, -0.05) is 30.3 Å². The van der Waals surface area contributed by atoms with Crippen molar-refractivity contribution >= 4 is 0 Å². The van der Waals surface area contributed by atoms with Crippen molar-refractivity contribution in [1.29, 1.82) is 0 Å². The van der Waals surface area contributed by atoms with Crippen molar-refractivity contribution in [1.82, 2.24) is 5.32 Å². The molecule has 1 saturated heterocycles. The monoisotopic (exact) mass is 177 g/mol. The lowest BCUT2D eigenvalue weighted by atomic mass is 9.91. The summed E-state index contributed by atoms with van der Waals surface area (Å²) in [6.45, 7) is 2.41. The van der Waals surface area contributed by atoms with Gasteiger partial charge in [0.25, 0.3) is 0 Å². The van der Waals surface area contributed by atoms with E-state index in [1.165, 1.54) is 37.9 Å². The van der Waals surface area contributed by atoms with E-state index >= 15 is 0 Å². The second kappa shape index (κ2) is 4.43. The zero-order chi connectivity index (χ0) is 8.93. The Kier molecular flexibility index (Phi) is 2.98. The van der Waals surface area contributed by atoms with E-state index in [9.17, 15) is 0 Å². The molecule has 0 unspecified atom stereocenters. The Bertz CT molecular complexity index is 242. The zero-order valence-corrected chi connectivity index (χ0v) is 8.00. The summed E-state index contributed by atoms with van der Waals surface area (Å²) in [5.74, 6) is 0.906. The van der Waals surface area contributed by atoms with Gasteiger partial charge in [0, 0.05) is 1.43 Å². The number of hydrogen-bond acceptors (Lipinski definition) is 1. The normalized spacial score (nSPS) is 18.8. The van der Waals surface area contributed by atoms with Crippen LogP contribution in [0.5, 0.6) is 0 Å². The van der Waals surface area contributed by atoms with Crippen LogP contribution in [-0.4, -0.2) is 13.1 Å². The third-order valence-corrected chi connectivity index (χ3v) is 2.83. The average molecular weight is 177 g/mol. The van der Waals surface area contributed by atoms with Crippen molar-refractivity contribution in [2.24, 2.45) is 5.92 Å². The Labute approximate surface area is 81.6 Å². The van der Waals surface area contributed by atoms with Crippen molar-refractivity contribution in [3.8, 4) is 0 Å². The average Bonchev–Trinajstić information content (AvgIpc) is 2.21. The first-order valence-corrected chi connectivity index (χ1v) is 5.20. The molecule has 1 heterocycles. The standard InChI is InChI=1S/C12H17N.H2/c1-2-4-11(5-3-1)10-12-6-8-13-9-7-12;/h1-5,12-13H,6-10H2;1H. The summed E-state index contributed by atoms with van der Waals surface area (Å²) in [6.07, 6.45) is 3.95. The van der Waals surface area contributed by atoms with Crippen LogP contribution < -0.4 is 5.32 Å². The van der Waals surface area contributed by atoms with Crippen LogP contribution >= 0.6 is 0 Å². The molecule has 72 valence electrons. The van der Waals surface area contributed by atoms with Crippen LogP contribution in [-0.2, 0) is 6.42 Å². The summed E-state index contributed by atoms with van der Waals surface area (Å²) in [7, 11) is 0. The van der Waals surface area contributed by atoms with E-state index < -0.39 is 0 Å². The van der Waals surface area contributed by atoms with Gasteiger partial charge in [-0.3, -0.25) is 0 Å². The van der Waals surface area contributed by atoms with Crippen LogP contribution in [0.3, 0.4) is 0 Å². The third kappa shape index (κ3) is 2.56. The fourth-order valence-corrected chi connectivity index (χ4v) is 2.03. The van der Waals surface area contributed by atoms with Crippen LogP contribution in [0, 0.1) is 5.92 Å². The molecule has 0 bridgehead atoms. The lowest BCUT2D eigenvalue weighted by Gasteiger charge is -2.22. The Hall–Kier alpha value is -0.820. The van der Waals surface area contributed by atoms with Gasteiger partial charge in [-0.2, -0.15) is 0 Å². The Morgan fingerprint density at radius 2 is 1.85 bits per heavy atom. The first kappa shape index (κ1) is 8.76. The minimum atomic E-state index is 0. The molecule has 1 aliphatic rings. The van der Waals surface area contributed by atoms with E-state index in [4.69, 9.17) is 0 Å². The van der Waals surface area contributed by atoms with Gasteiger partial charge in [-0.05, 0) is 43.8 Å². The van der Waals surface area contributed by atoms with E-state index in [2.05, 4.69) is 35.6 Å². The first-order valence-electron chi connectivity index (χ1n) is 5.20. The minimum absolute atomic E-state index is 0. The Balaban J connectivity index is 0.000000980. The third-order valence-electron chi connectivity index (χ3n) is 2.83. The molecule has 0 radical (unpaired) electrons. The molecule has 1 aromatic carbocycles. The molecule has 0 spiro atoms. The lowest BCUT2D eigenvalue weighted by molar-refractivity contribution is 0.372. The molecule has 1 aromatic rings. The quantitative estimate of drug-likeness (QED) is 0.731. The maximum Gasteiger partial charge on any atom is 0 e. The fourth-order valence-electron chi connectivity index (χ4n) is 2.03. The largest absolute Gasteiger partial charge is 0.317 e. The van der Waals surface area contributed by atoms with E-state index in [0.29, 0.717) is 0 Å². The number of rotatable bonds is 2. The highest BCUT2D eigenvalue weighted by atomic mass is 14.9. The van der Waals surface area contributed by atoms with E-state index in [1.807, 2.05) is 0 Å². The maximum atomic E-state index is 3.40. The molecule has 0 aromatic heterocycles. The highest BCUT2D eigenvalue weighted by Crippen LogP contribution is 2.17. The predicted molar refractivity (Wildman–Crippen MR) is 57.9 cm³/mol. The summed E-state index contributed by atoms with van der Waals surface area (Å²) in [4.78, 5) is 0. The van der Waals surface area contributed by atoms with Crippen LogP contribution in [0.15, 0.2) is 30.3 Å². The zero-order valence-electron chi connectivity index (χ0n) is 8.00. The molecule has 1 nitrogen and oxygen atoms in total. The highest BCUT2D eigenvalue weighted by Gasteiger charge is 2.12. The number of nitrogens with one attached hydrogen (secondary N) is 1. The van der Waals surface area contributed by atoms with Gasteiger partial charge in [0.1, 0.15) is 0 Å². The van der Waals surface area contributed by atoms with Gasteiger partial charge in [-0.15, -0.1) is 0 Å². The smallest absolute Gasteiger partial charge is 0 e. The van der Waals surface area contributed by atoms with E-state index in [-0.39, 0.29) is 1.43 Å². The second-order valence-electron chi connectivity index (χ2n) is 3.88. The first-order chi connectivity index (χ1) is 6.45. The maximum absolute atomic E-state index is 3.40. The molecular weight excluding hydrogens is 158 g/mol. The van der Waals surface area contributed by atoms with E-state index in [1.54, 1.807) is 0 Å².